The summed E-state index contributed by atoms with van der Waals surface area (Å²) in [7, 11) is 0. The third-order valence-corrected chi connectivity index (χ3v) is 2.47. The molecule has 0 heterocycles. The van der Waals surface area contributed by atoms with Gasteiger partial charge in [0.25, 0.3) is 0 Å². The van der Waals surface area contributed by atoms with Gasteiger partial charge in [-0.3, -0.25) is 0 Å². The maximum absolute atomic E-state index is 13.4. The molecule has 0 amide bonds. The van der Waals surface area contributed by atoms with Crippen LogP contribution >= 0.6 is 12.4 Å². The van der Waals surface area contributed by atoms with Crippen LogP contribution in [0.4, 0.5) is 30.7 Å². The van der Waals surface area contributed by atoms with E-state index < -0.39 is 48.2 Å². The topological polar surface area (TPSA) is 26.0 Å². The summed E-state index contributed by atoms with van der Waals surface area (Å²) in [5.74, 6) is -1.26. The summed E-state index contributed by atoms with van der Waals surface area (Å²) in [6.07, 6.45) is -11.6. The van der Waals surface area contributed by atoms with Crippen molar-refractivity contribution in [3.63, 3.8) is 0 Å². The zero-order valence-electron chi connectivity index (χ0n) is 9.85. The molecule has 1 aromatic rings. The summed E-state index contributed by atoms with van der Waals surface area (Å²) in [4.78, 5) is 0. The van der Waals surface area contributed by atoms with Gasteiger partial charge in [-0.25, -0.2) is 4.39 Å². The van der Waals surface area contributed by atoms with Gasteiger partial charge in [0.2, 0.25) is 0 Å². The van der Waals surface area contributed by atoms with Crippen LogP contribution < -0.4 is 5.73 Å². The van der Waals surface area contributed by atoms with Gasteiger partial charge in [0, 0.05) is 18.0 Å². The van der Waals surface area contributed by atoms with E-state index in [1.165, 1.54) is 0 Å². The van der Waals surface area contributed by atoms with E-state index in [9.17, 15) is 30.7 Å². The van der Waals surface area contributed by atoms with Crippen LogP contribution in [0.2, 0.25) is 0 Å². The molecule has 0 radical (unpaired) electrons. The molecule has 0 aliphatic carbocycles. The zero-order valence-corrected chi connectivity index (χ0v) is 10.7. The van der Waals surface area contributed by atoms with E-state index in [0.717, 1.165) is 12.1 Å². The van der Waals surface area contributed by atoms with Crippen molar-refractivity contribution in [2.45, 2.75) is 31.2 Å². The Morgan fingerprint density at radius 2 is 1.60 bits per heavy atom. The molecule has 1 aromatic carbocycles. The van der Waals surface area contributed by atoms with Crippen LogP contribution in [0.3, 0.4) is 0 Å². The lowest BCUT2D eigenvalue weighted by Crippen LogP contribution is -2.21. The molecule has 9 heteroatoms. The molecule has 116 valence electrons. The SMILES string of the molecule is Cl.N[C@@H](CCC(F)(F)F)c1c(F)cccc1C(F)(F)F. The maximum Gasteiger partial charge on any atom is 0.416 e. The highest BCUT2D eigenvalue weighted by Gasteiger charge is 2.37. The Kier molecular flexibility index (Phi) is 6.28. The molecule has 0 bridgehead atoms. The van der Waals surface area contributed by atoms with Gasteiger partial charge < -0.3 is 5.73 Å². The molecule has 20 heavy (non-hydrogen) atoms. The highest BCUT2D eigenvalue weighted by molar-refractivity contribution is 5.85. The molecular formula is C11H11ClF7N. The van der Waals surface area contributed by atoms with Gasteiger partial charge in [-0.1, -0.05) is 6.07 Å². The second-order valence-electron chi connectivity index (χ2n) is 3.96. The monoisotopic (exact) mass is 325 g/mol. The van der Waals surface area contributed by atoms with Gasteiger partial charge in [0.1, 0.15) is 5.82 Å². The molecule has 1 atom stereocenters. The maximum atomic E-state index is 13.4. The number of nitrogens with two attached hydrogens (primary N) is 1. The fraction of sp³-hybridized carbons (Fsp3) is 0.455. The summed E-state index contributed by atoms with van der Waals surface area (Å²) in [6, 6.07) is 0.488. The van der Waals surface area contributed by atoms with Crippen molar-refractivity contribution >= 4 is 12.4 Å². The molecule has 1 rings (SSSR count). The van der Waals surface area contributed by atoms with Crippen molar-refractivity contribution in [2.75, 3.05) is 0 Å². The second kappa shape index (κ2) is 6.62. The summed E-state index contributed by atoms with van der Waals surface area (Å²) < 4.78 is 87.2. The molecular weight excluding hydrogens is 315 g/mol. The summed E-state index contributed by atoms with van der Waals surface area (Å²) >= 11 is 0. The van der Waals surface area contributed by atoms with E-state index in [-0.39, 0.29) is 12.4 Å². The third kappa shape index (κ3) is 5.16. The Bertz CT molecular complexity index is 441. The van der Waals surface area contributed by atoms with Gasteiger partial charge in [-0.05, 0) is 18.6 Å². The highest BCUT2D eigenvalue weighted by Crippen LogP contribution is 2.37. The van der Waals surface area contributed by atoms with Crippen molar-refractivity contribution in [1.29, 1.82) is 0 Å². The first-order chi connectivity index (χ1) is 8.52. The van der Waals surface area contributed by atoms with E-state index >= 15 is 0 Å². The predicted octanol–water partition coefficient (Wildman–Crippen LogP) is 4.61. The van der Waals surface area contributed by atoms with Crippen molar-refractivity contribution in [3.8, 4) is 0 Å². The Morgan fingerprint density at radius 3 is 2.05 bits per heavy atom. The molecule has 1 nitrogen and oxygen atoms in total. The van der Waals surface area contributed by atoms with E-state index in [1.54, 1.807) is 0 Å². The minimum Gasteiger partial charge on any atom is -0.324 e. The van der Waals surface area contributed by atoms with Gasteiger partial charge in [-0.2, -0.15) is 26.3 Å². The van der Waals surface area contributed by atoms with Crippen molar-refractivity contribution in [3.05, 3.63) is 35.1 Å². The largest absolute Gasteiger partial charge is 0.416 e. The zero-order chi connectivity index (χ0) is 14.8. The molecule has 0 spiro atoms. The molecule has 0 unspecified atom stereocenters. The number of benzene rings is 1. The van der Waals surface area contributed by atoms with E-state index in [4.69, 9.17) is 5.73 Å². The molecule has 0 saturated heterocycles. The van der Waals surface area contributed by atoms with Crippen molar-refractivity contribution in [2.24, 2.45) is 5.73 Å². The molecule has 0 aliphatic heterocycles. The average molecular weight is 326 g/mol. The first-order valence-electron chi connectivity index (χ1n) is 5.20. The predicted molar refractivity (Wildman–Crippen MR) is 60.9 cm³/mol. The second-order valence-corrected chi connectivity index (χ2v) is 3.96. The van der Waals surface area contributed by atoms with E-state index in [2.05, 4.69) is 0 Å². The van der Waals surface area contributed by atoms with E-state index in [0.29, 0.717) is 6.07 Å². The number of hydrogen-bond acceptors (Lipinski definition) is 1. The Labute approximate surface area is 116 Å². The fourth-order valence-corrected chi connectivity index (χ4v) is 1.62. The number of hydrogen-bond donors (Lipinski definition) is 1. The fourth-order valence-electron chi connectivity index (χ4n) is 1.62. The van der Waals surface area contributed by atoms with Crippen LogP contribution in [0, 0.1) is 5.82 Å². The van der Waals surface area contributed by atoms with E-state index in [1.807, 2.05) is 0 Å². The first kappa shape index (κ1) is 19.0. The van der Waals surface area contributed by atoms with Gasteiger partial charge in [0.05, 0.1) is 5.56 Å². The minimum absolute atomic E-state index is 0. The van der Waals surface area contributed by atoms with Gasteiger partial charge in [-0.15, -0.1) is 12.4 Å². The standard InChI is InChI=1S/C11H10F7N.ClH/c12-7-3-1-2-6(11(16,17)18)9(7)8(19)4-5-10(13,14)15;/h1-3,8H,4-5,19H2;1H/t8-;/m0./s1. The Balaban J connectivity index is 0.00000361. The third-order valence-electron chi connectivity index (χ3n) is 2.47. The smallest absolute Gasteiger partial charge is 0.324 e. The summed E-state index contributed by atoms with van der Waals surface area (Å²) in [5, 5.41) is 0. The normalized spacial score (nSPS) is 13.8. The van der Waals surface area contributed by atoms with Crippen LogP contribution in [-0.2, 0) is 6.18 Å². The summed E-state index contributed by atoms with van der Waals surface area (Å²) in [6.45, 7) is 0. The lowest BCUT2D eigenvalue weighted by molar-refractivity contribution is -0.139. The molecule has 2 N–H and O–H groups in total. The molecule has 0 fully saturated rings. The number of alkyl halides is 6. The Hall–Kier alpha value is -1.02. The lowest BCUT2D eigenvalue weighted by atomic mass is 9.96. The van der Waals surface area contributed by atoms with Crippen LogP contribution in [-0.4, -0.2) is 6.18 Å². The molecule has 0 aliphatic rings. The van der Waals surface area contributed by atoms with Gasteiger partial charge >= 0.3 is 12.4 Å². The lowest BCUT2D eigenvalue weighted by Gasteiger charge is -2.19. The summed E-state index contributed by atoms with van der Waals surface area (Å²) in [5.41, 5.74) is 2.98. The highest BCUT2D eigenvalue weighted by atomic mass is 35.5. The Morgan fingerprint density at radius 1 is 1.05 bits per heavy atom. The minimum atomic E-state index is -4.87. The number of halogens is 8. The van der Waals surface area contributed by atoms with Crippen molar-refractivity contribution < 1.29 is 30.7 Å². The average Bonchev–Trinajstić information content (AvgIpc) is 2.23. The quantitative estimate of drug-likeness (QED) is 0.807. The number of rotatable bonds is 3. The van der Waals surface area contributed by atoms with Crippen molar-refractivity contribution in [1.82, 2.24) is 0 Å². The van der Waals surface area contributed by atoms with Crippen LogP contribution in [0.25, 0.3) is 0 Å². The molecule has 0 aromatic heterocycles. The van der Waals surface area contributed by atoms with Crippen LogP contribution in [0.1, 0.15) is 30.0 Å². The van der Waals surface area contributed by atoms with Gasteiger partial charge in [0.15, 0.2) is 0 Å². The first-order valence-corrected chi connectivity index (χ1v) is 5.20. The molecule has 0 saturated carbocycles. The van der Waals surface area contributed by atoms with Crippen LogP contribution in [0.15, 0.2) is 18.2 Å². The van der Waals surface area contributed by atoms with Crippen LogP contribution in [0.5, 0.6) is 0 Å².